The number of aromatic nitrogens is 5. The number of pyridine rings is 1. The molecule has 1 aliphatic carbocycles. The van der Waals surface area contributed by atoms with E-state index in [2.05, 4.69) is 16.2 Å². The highest BCUT2D eigenvalue weighted by Crippen LogP contribution is 2.50. The molecule has 0 bridgehead atoms. The van der Waals surface area contributed by atoms with E-state index >= 15 is 0 Å². The smallest absolute Gasteiger partial charge is 0.336 e. The summed E-state index contributed by atoms with van der Waals surface area (Å²) in [7, 11) is 3.09. The van der Waals surface area contributed by atoms with Crippen molar-refractivity contribution < 1.29 is 9.13 Å². The highest BCUT2D eigenvalue weighted by Gasteiger charge is 2.43. The third-order valence-electron chi connectivity index (χ3n) is 7.10. The molecule has 0 radical (unpaired) electrons. The van der Waals surface area contributed by atoms with E-state index in [1.807, 2.05) is 0 Å². The summed E-state index contributed by atoms with van der Waals surface area (Å²) in [4.78, 5) is 32.8. The Morgan fingerprint density at radius 1 is 1.24 bits per heavy atom. The van der Waals surface area contributed by atoms with E-state index in [-0.39, 0.29) is 22.7 Å². The number of nitriles is 1. The lowest BCUT2D eigenvalue weighted by molar-refractivity contribution is 0.387. The number of methoxy groups -OCH3 is 1. The van der Waals surface area contributed by atoms with Crippen molar-refractivity contribution in [1.29, 1.82) is 5.26 Å². The van der Waals surface area contributed by atoms with Crippen LogP contribution in [0.25, 0.3) is 37.2 Å². The van der Waals surface area contributed by atoms with Gasteiger partial charge in [-0.15, -0.1) is 11.3 Å². The second-order valence-corrected chi connectivity index (χ2v) is 11.0. The molecule has 192 valence electrons. The molecule has 4 aromatic heterocycles. The molecule has 1 aliphatic rings. The van der Waals surface area contributed by atoms with E-state index in [1.54, 1.807) is 34.8 Å². The quantitative estimate of drug-likeness (QED) is 0.304. The normalized spacial score (nSPS) is 14.2. The molecule has 0 saturated heterocycles. The first-order chi connectivity index (χ1) is 18.3. The van der Waals surface area contributed by atoms with Crippen LogP contribution in [0.4, 0.5) is 4.39 Å². The van der Waals surface area contributed by atoms with Gasteiger partial charge >= 0.3 is 5.69 Å². The highest BCUT2D eigenvalue weighted by atomic mass is 35.5. The summed E-state index contributed by atoms with van der Waals surface area (Å²) in [6.45, 7) is 0.279. The lowest BCUT2D eigenvalue weighted by Gasteiger charge is -2.17. The van der Waals surface area contributed by atoms with Crippen LogP contribution in [-0.4, -0.2) is 31.0 Å². The number of ether oxygens (including phenoxy) is 1. The standard InChI is InChI=1S/C26H20ClFN6O3S/c1-32-22-14(11-31-32)10-30-12-19(22)34-24(35)23-18(33(25(34)36)13-26(3-4-26)5-6-29)9-21(38-23)15-7-20(37-2)17(28)8-16(15)27/h7-12H,3-5,13H2,1-2H3. The number of fused-ring (bicyclic) bond motifs is 2. The molecule has 1 saturated carbocycles. The zero-order valence-electron chi connectivity index (χ0n) is 20.4. The molecule has 0 amide bonds. The number of hydrogen-bond donors (Lipinski definition) is 0. The van der Waals surface area contributed by atoms with Gasteiger partial charge in [-0.2, -0.15) is 10.4 Å². The fourth-order valence-corrected chi connectivity index (χ4v) is 6.30. The molecular weight excluding hydrogens is 531 g/mol. The Morgan fingerprint density at radius 2 is 2.03 bits per heavy atom. The second kappa shape index (κ2) is 8.79. The average molecular weight is 551 g/mol. The van der Waals surface area contributed by atoms with Crippen LogP contribution in [0.2, 0.25) is 5.02 Å². The SMILES string of the molecule is COc1cc(-c2cc3c(s2)c(=O)n(-c2cncc4cnn(C)c24)c(=O)n3CC2(CC#N)CC2)c(Cl)cc1F. The Labute approximate surface area is 223 Å². The van der Waals surface area contributed by atoms with Crippen molar-refractivity contribution in [2.45, 2.75) is 25.8 Å². The molecule has 0 atom stereocenters. The molecule has 38 heavy (non-hydrogen) atoms. The zero-order valence-corrected chi connectivity index (χ0v) is 21.9. The minimum atomic E-state index is -0.606. The molecule has 1 aromatic carbocycles. The Kier molecular flexibility index (Phi) is 5.63. The van der Waals surface area contributed by atoms with Crippen LogP contribution >= 0.6 is 22.9 Å². The van der Waals surface area contributed by atoms with E-state index in [0.29, 0.717) is 43.7 Å². The Balaban J connectivity index is 1.67. The fraction of sp³-hybridized carbons (Fsp3) is 0.269. The van der Waals surface area contributed by atoms with Crippen molar-refractivity contribution in [3.8, 4) is 27.9 Å². The third-order valence-corrected chi connectivity index (χ3v) is 8.55. The number of halogens is 2. The molecule has 0 unspecified atom stereocenters. The summed E-state index contributed by atoms with van der Waals surface area (Å²) in [5.74, 6) is -0.595. The van der Waals surface area contributed by atoms with Crippen LogP contribution in [-0.2, 0) is 13.6 Å². The molecule has 0 N–H and O–H groups in total. The average Bonchev–Trinajstić information content (AvgIpc) is 3.32. The molecular formula is C26H20ClFN6O3S. The maximum Gasteiger partial charge on any atom is 0.336 e. The van der Waals surface area contributed by atoms with Gasteiger partial charge in [0.15, 0.2) is 11.6 Å². The van der Waals surface area contributed by atoms with Crippen molar-refractivity contribution in [1.82, 2.24) is 23.9 Å². The lowest BCUT2D eigenvalue weighted by Crippen LogP contribution is -2.40. The Bertz CT molecular complexity index is 1930. The van der Waals surface area contributed by atoms with Gasteiger partial charge in [0, 0.05) is 47.5 Å². The molecule has 12 heteroatoms. The molecule has 0 aliphatic heterocycles. The third kappa shape index (κ3) is 3.71. The van der Waals surface area contributed by atoms with Gasteiger partial charge in [0.2, 0.25) is 0 Å². The van der Waals surface area contributed by atoms with Crippen molar-refractivity contribution in [2.75, 3.05) is 7.11 Å². The van der Waals surface area contributed by atoms with Crippen molar-refractivity contribution in [2.24, 2.45) is 12.5 Å². The first-order valence-electron chi connectivity index (χ1n) is 11.7. The summed E-state index contributed by atoms with van der Waals surface area (Å²) in [6, 6.07) is 6.58. The van der Waals surface area contributed by atoms with Crippen molar-refractivity contribution >= 4 is 44.1 Å². The Morgan fingerprint density at radius 3 is 2.74 bits per heavy atom. The van der Waals surface area contributed by atoms with Gasteiger partial charge in [0.05, 0.1) is 47.3 Å². The fourth-order valence-electron chi connectivity index (χ4n) is 4.87. The number of nitrogens with zero attached hydrogens (tertiary/aromatic N) is 6. The summed E-state index contributed by atoms with van der Waals surface area (Å²) in [6.07, 6.45) is 6.63. The van der Waals surface area contributed by atoms with Crippen LogP contribution in [0, 0.1) is 22.6 Å². The van der Waals surface area contributed by atoms with E-state index in [4.69, 9.17) is 16.3 Å². The van der Waals surface area contributed by atoms with Gasteiger partial charge in [-0.1, -0.05) is 11.6 Å². The van der Waals surface area contributed by atoms with E-state index < -0.39 is 17.1 Å². The van der Waals surface area contributed by atoms with Crippen LogP contribution in [0.15, 0.2) is 46.4 Å². The summed E-state index contributed by atoms with van der Waals surface area (Å²) >= 11 is 7.55. The summed E-state index contributed by atoms with van der Waals surface area (Å²) < 4.78 is 24.0. The monoisotopic (exact) mass is 550 g/mol. The largest absolute Gasteiger partial charge is 0.494 e. The van der Waals surface area contributed by atoms with Crippen LogP contribution in [0.5, 0.6) is 5.75 Å². The summed E-state index contributed by atoms with van der Waals surface area (Å²) in [5.41, 5.74) is 0.442. The number of rotatable bonds is 6. The van der Waals surface area contributed by atoms with Gasteiger partial charge in [0.25, 0.3) is 5.56 Å². The number of aryl methyl sites for hydroxylation is 1. The number of thiophene rings is 1. The number of hydrogen-bond acceptors (Lipinski definition) is 7. The van der Waals surface area contributed by atoms with Crippen LogP contribution in [0.1, 0.15) is 19.3 Å². The molecule has 9 nitrogen and oxygen atoms in total. The van der Waals surface area contributed by atoms with Gasteiger partial charge in [-0.05, 0) is 31.0 Å². The minimum absolute atomic E-state index is 0.0107. The number of benzene rings is 1. The minimum Gasteiger partial charge on any atom is -0.494 e. The van der Waals surface area contributed by atoms with Crippen LogP contribution < -0.4 is 16.0 Å². The van der Waals surface area contributed by atoms with E-state index in [1.165, 1.54) is 19.4 Å². The van der Waals surface area contributed by atoms with Gasteiger partial charge in [-0.25, -0.2) is 13.8 Å². The topological polar surface area (TPSA) is 108 Å². The molecule has 4 heterocycles. The Hall–Kier alpha value is -4.01. The van der Waals surface area contributed by atoms with E-state index in [0.717, 1.165) is 34.8 Å². The van der Waals surface area contributed by atoms with E-state index in [9.17, 15) is 19.2 Å². The molecule has 0 spiro atoms. The van der Waals surface area contributed by atoms with Crippen LogP contribution in [0.3, 0.4) is 0 Å². The summed E-state index contributed by atoms with van der Waals surface area (Å²) in [5, 5.41) is 14.5. The first kappa shape index (κ1) is 24.3. The molecule has 6 rings (SSSR count). The maximum absolute atomic E-state index is 14.2. The second-order valence-electron chi connectivity index (χ2n) is 9.50. The lowest BCUT2D eigenvalue weighted by atomic mass is 10.0. The highest BCUT2D eigenvalue weighted by molar-refractivity contribution is 7.22. The maximum atomic E-state index is 14.2. The van der Waals surface area contributed by atoms with Crippen molar-refractivity contribution in [3.63, 3.8) is 0 Å². The van der Waals surface area contributed by atoms with Gasteiger partial charge in [-0.3, -0.25) is 19.0 Å². The van der Waals surface area contributed by atoms with Gasteiger partial charge in [0.1, 0.15) is 4.70 Å². The van der Waals surface area contributed by atoms with Gasteiger partial charge < -0.3 is 4.74 Å². The predicted molar refractivity (Wildman–Crippen MR) is 143 cm³/mol. The van der Waals surface area contributed by atoms with Crippen molar-refractivity contribution in [3.05, 3.63) is 68.5 Å². The zero-order chi connectivity index (χ0) is 26.8. The predicted octanol–water partition coefficient (Wildman–Crippen LogP) is 4.66. The molecule has 1 fully saturated rings. The molecule has 5 aromatic rings. The first-order valence-corrected chi connectivity index (χ1v) is 12.9.